The van der Waals surface area contributed by atoms with E-state index in [0.29, 0.717) is 5.92 Å². The average Bonchev–Trinajstić information content (AvgIpc) is 3.28. The topological polar surface area (TPSA) is 21.6 Å². The van der Waals surface area contributed by atoms with Crippen molar-refractivity contribution in [3.8, 4) is 15.5 Å². The third-order valence-corrected chi connectivity index (χ3v) is 6.99. The van der Waals surface area contributed by atoms with Crippen molar-refractivity contribution in [3.05, 3.63) is 45.3 Å². The fourth-order valence-electron chi connectivity index (χ4n) is 3.68. The SMILES string of the molecule is COc1cc(-c2cccs2)sc1/C=C1\N=C(C)C2=C1C(C)CCC2. The summed E-state index contributed by atoms with van der Waals surface area (Å²) < 4.78 is 5.63. The van der Waals surface area contributed by atoms with Gasteiger partial charge in [-0.25, -0.2) is 0 Å². The Kier molecular flexibility index (Phi) is 4.19. The summed E-state index contributed by atoms with van der Waals surface area (Å²) in [5.41, 5.74) is 5.30. The molecule has 4 heteroatoms. The van der Waals surface area contributed by atoms with Gasteiger partial charge in [0.15, 0.2) is 0 Å². The zero-order valence-electron chi connectivity index (χ0n) is 14.3. The van der Waals surface area contributed by atoms with Gasteiger partial charge in [0, 0.05) is 21.5 Å². The number of hydrogen-bond acceptors (Lipinski definition) is 4. The molecule has 1 aliphatic carbocycles. The highest BCUT2D eigenvalue weighted by atomic mass is 32.1. The van der Waals surface area contributed by atoms with Crippen LogP contribution in [0.2, 0.25) is 0 Å². The Hall–Kier alpha value is -1.65. The van der Waals surface area contributed by atoms with E-state index in [-0.39, 0.29) is 0 Å². The molecule has 0 radical (unpaired) electrons. The molecule has 1 unspecified atom stereocenters. The first-order chi connectivity index (χ1) is 11.7. The monoisotopic (exact) mass is 355 g/mol. The molecule has 2 aliphatic rings. The lowest BCUT2D eigenvalue weighted by atomic mass is 9.82. The molecule has 24 heavy (non-hydrogen) atoms. The van der Waals surface area contributed by atoms with Gasteiger partial charge in [0.1, 0.15) is 5.75 Å². The van der Waals surface area contributed by atoms with Crippen molar-refractivity contribution in [2.45, 2.75) is 33.1 Å². The lowest BCUT2D eigenvalue weighted by molar-refractivity contribution is 0.416. The first-order valence-electron chi connectivity index (χ1n) is 8.40. The van der Waals surface area contributed by atoms with Crippen molar-refractivity contribution in [1.82, 2.24) is 0 Å². The highest BCUT2D eigenvalue weighted by Crippen LogP contribution is 2.44. The predicted octanol–water partition coefficient (Wildman–Crippen LogP) is 6.42. The van der Waals surface area contributed by atoms with Crippen LogP contribution >= 0.6 is 22.7 Å². The van der Waals surface area contributed by atoms with Gasteiger partial charge in [-0.3, -0.25) is 4.99 Å². The fourth-order valence-corrected chi connectivity index (χ4v) is 5.57. The average molecular weight is 356 g/mol. The second-order valence-corrected chi connectivity index (χ2v) is 8.46. The maximum Gasteiger partial charge on any atom is 0.137 e. The molecule has 2 nitrogen and oxygen atoms in total. The molecule has 0 spiro atoms. The molecule has 0 N–H and O–H groups in total. The molecular formula is C20H21NOS2. The van der Waals surface area contributed by atoms with Gasteiger partial charge >= 0.3 is 0 Å². The Morgan fingerprint density at radius 1 is 1.33 bits per heavy atom. The van der Waals surface area contributed by atoms with E-state index in [1.807, 2.05) is 0 Å². The van der Waals surface area contributed by atoms with Gasteiger partial charge in [-0.2, -0.15) is 0 Å². The summed E-state index contributed by atoms with van der Waals surface area (Å²) in [6, 6.07) is 6.40. The number of aliphatic imine (C=N–C) groups is 1. The van der Waals surface area contributed by atoms with Gasteiger partial charge in [-0.15, -0.1) is 22.7 Å². The molecule has 1 atom stereocenters. The van der Waals surface area contributed by atoms with Crippen LogP contribution < -0.4 is 4.74 Å². The molecule has 0 amide bonds. The van der Waals surface area contributed by atoms with Crippen molar-refractivity contribution >= 4 is 34.5 Å². The molecule has 0 fully saturated rings. The number of methoxy groups -OCH3 is 1. The van der Waals surface area contributed by atoms with Crippen LogP contribution in [0.3, 0.4) is 0 Å². The van der Waals surface area contributed by atoms with Gasteiger partial charge in [0.05, 0.1) is 17.7 Å². The van der Waals surface area contributed by atoms with Gasteiger partial charge < -0.3 is 4.74 Å². The summed E-state index contributed by atoms with van der Waals surface area (Å²) >= 11 is 3.56. The first-order valence-corrected chi connectivity index (χ1v) is 10.1. The predicted molar refractivity (Wildman–Crippen MR) is 105 cm³/mol. The Morgan fingerprint density at radius 2 is 2.21 bits per heavy atom. The molecule has 2 aromatic rings. The Balaban J connectivity index is 1.77. The van der Waals surface area contributed by atoms with Gasteiger partial charge in [-0.05, 0) is 60.8 Å². The molecule has 0 saturated carbocycles. The second kappa shape index (κ2) is 6.34. The van der Waals surface area contributed by atoms with Crippen molar-refractivity contribution < 1.29 is 4.74 Å². The number of thiophene rings is 2. The summed E-state index contributed by atoms with van der Waals surface area (Å²) in [4.78, 5) is 8.60. The van der Waals surface area contributed by atoms with Crippen LogP contribution in [0.4, 0.5) is 0 Å². The maximum atomic E-state index is 5.63. The molecule has 124 valence electrons. The molecule has 0 saturated heterocycles. The van der Waals surface area contributed by atoms with Crippen LogP contribution in [-0.4, -0.2) is 12.8 Å². The third kappa shape index (κ3) is 2.68. The first kappa shape index (κ1) is 15.9. The summed E-state index contributed by atoms with van der Waals surface area (Å²) in [6.45, 7) is 4.48. The number of ether oxygens (including phenoxy) is 1. The normalized spacial score (nSPS) is 22.0. The van der Waals surface area contributed by atoms with E-state index in [0.717, 1.165) is 11.4 Å². The fraction of sp³-hybridized carbons (Fsp3) is 0.350. The summed E-state index contributed by atoms with van der Waals surface area (Å²) in [7, 11) is 1.75. The van der Waals surface area contributed by atoms with Crippen LogP contribution in [0.15, 0.2) is 45.4 Å². The molecule has 4 rings (SSSR count). The van der Waals surface area contributed by atoms with E-state index < -0.39 is 0 Å². The summed E-state index contributed by atoms with van der Waals surface area (Å²) in [5, 5.41) is 2.12. The van der Waals surface area contributed by atoms with Crippen molar-refractivity contribution in [1.29, 1.82) is 0 Å². The molecule has 3 heterocycles. The van der Waals surface area contributed by atoms with E-state index in [1.54, 1.807) is 29.8 Å². The number of nitrogens with zero attached hydrogens (tertiary/aromatic N) is 1. The summed E-state index contributed by atoms with van der Waals surface area (Å²) in [5.74, 6) is 1.55. The Morgan fingerprint density at radius 3 is 2.96 bits per heavy atom. The lowest BCUT2D eigenvalue weighted by Crippen LogP contribution is -2.09. The van der Waals surface area contributed by atoms with Gasteiger partial charge in [0.2, 0.25) is 0 Å². The van der Waals surface area contributed by atoms with E-state index in [1.165, 1.54) is 50.8 Å². The Bertz CT molecular complexity index is 852. The van der Waals surface area contributed by atoms with Crippen LogP contribution in [0, 0.1) is 5.92 Å². The van der Waals surface area contributed by atoms with E-state index in [9.17, 15) is 0 Å². The molecule has 2 aromatic heterocycles. The maximum absolute atomic E-state index is 5.63. The molecule has 0 bridgehead atoms. The minimum Gasteiger partial charge on any atom is -0.495 e. The van der Waals surface area contributed by atoms with Crippen LogP contribution in [0.5, 0.6) is 5.75 Å². The highest BCUT2D eigenvalue weighted by Gasteiger charge is 2.28. The highest BCUT2D eigenvalue weighted by molar-refractivity contribution is 7.22. The Labute approximate surface area is 151 Å². The van der Waals surface area contributed by atoms with Crippen LogP contribution in [-0.2, 0) is 0 Å². The largest absolute Gasteiger partial charge is 0.495 e. The summed E-state index contributed by atoms with van der Waals surface area (Å²) in [6.07, 6.45) is 5.95. The van der Waals surface area contributed by atoms with E-state index in [4.69, 9.17) is 9.73 Å². The smallest absolute Gasteiger partial charge is 0.137 e. The number of rotatable bonds is 3. The van der Waals surface area contributed by atoms with Crippen LogP contribution in [0.25, 0.3) is 15.8 Å². The minimum atomic E-state index is 0.601. The zero-order chi connectivity index (χ0) is 16.7. The zero-order valence-corrected chi connectivity index (χ0v) is 15.9. The third-order valence-electron chi connectivity index (χ3n) is 4.86. The van der Waals surface area contributed by atoms with Crippen molar-refractivity contribution in [2.75, 3.05) is 7.11 Å². The number of allylic oxidation sites excluding steroid dienone is 2. The van der Waals surface area contributed by atoms with E-state index in [2.05, 4.69) is 43.5 Å². The quantitative estimate of drug-likeness (QED) is 0.623. The minimum absolute atomic E-state index is 0.601. The molecular weight excluding hydrogens is 334 g/mol. The van der Waals surface area contributed by atoms with Gasteiger partial charge in [0.25, 0.3) is 0 Å². The standard InChI is InChI=1S/C20H21NOS2/c1-12-6-4-7-14-13(2)21-15(20(12)14)10-18-16(22-3)11-19(24-18)17-8-5-9-23-17/h5,8-12H,4,6-7H2,1-3H3/b15-10-. The lowest BCUT2D eigenvalue weighted by Gasteiger charge is -2.21. The molecule has 1 aliphatic heterocycles. The van der Waals surface area contributed by atoms with Crippen molar-refractivity contribution in [2.24, 2.45) is 10.9 Å². The van der Waals surface area contributed by atoms with E-state index >= 15 is 0 Å². The second-order valence-electron chi connectivity index (χ2n) is 6.43. The number of hydrogen-bond donors (Lipinski definition) is 0. The van der Waals surface area contributed by atoms with Crippen LogP contribution in [0.1, 0.15) is 38.0 Å². The van der Waals surface area contributed by atoms with Gasteiger partial charge in [-0.1, -0.05) is 13.0 Å². The van der Waals surface area contributed by atoms with Crippen molar-refractivity contribution in [3.63, 3.8) is 0 Å². The molecule has 0 aromatic carbocycles.